The zero-order valence-corrected chi connectivity index (χ0v) is 40.5. The number of hydrogen-bond acceptors (Lipinski definition) is 17. The van der Waals surface area contributed by atoms with E-state index in [1.54, 1.807) is 12.5 Å². The highest BCUT2D eigenvalue weighted by Gasteiger charge is 2.69. The SMILES string of the molecule is COC(=O)[C@H]1O[C@@H](O[C@H]2[C@H](O[C@H]3[C@H](O[C@H]4CC[C@@]5(C)[C@H](CC[C@]6(C)[C@@H]5CC=C5[C@@H]7CC(C)(C)C[C@@H](O)[C@]7(C)CC[C@]56C)C4(C)C)O[C@@H](C)[C@H](O)[C@H]3O)O[C@H](CO)[C@H](O)[C@@H]2O)[C@H](O)[C@@H](O)[C@@H]1O. The van der Waals surface area contributed by atoms with E-state index in [0.717, 1.165) is 58.5 Å². The van der Waals surface area contributed by atoms with E-state index in [-0.39, 0.29) is 39.1 Å². The molecule has 9 N–H and O–H groups in total. The average Bonchev–Trinajstić information content (AvgIpc) is 3.25. The normalized spacial score (nSPS) is 54.4. The van der Waals surface area contributed by atoms with Gasteiger partial charge in [-0.3, -0.25) is 0 Å². The Morgan fingerprint density at radius 2 is 1.30 bits per heavy atom. The van der Waals surface area contributed by atoms with Crippen LogP contribution >= 0.6 is 0 Å². The fourth-order valence-electron chi connectivity index (χ4n) is 15.2. The molecule has 3 heterocycles. The lowest BCUT2D eigenvalue weighted by Crippen LogP contribution is -2.67. The van der Waals surface area contributed by atoms with E-state index in [1.165, 1.54) is 0 Å². The summed E-state index contributed by atoms with van der Waals surface area (Å²) in [4.78, 5) is 12.4. The number of carbonyl (C=O) groups excluding carboxylic acids is 1. The monoisotopic (exact) mass is 941 g/mol. The van der Waals surface area contributed by atoms with E-state index in [4.69, 9.17) is 28.4 Å². The summed E-state index contributed by atoms with van der Waals surface area (Å²) in [5.41, 5.74) is 1.10. The predicted molar refractivity (Wildman–Crippen MR) is 234 cm³/mol. The van der Waals surface area contributed by atoms with Gasteiger partial charge in [-0.15, -0.1) is 0 Å². The van der Waals surface area contributed by atoms with Crippen LogP contribution in [0.2, 0.25) is 0 Å². The quantitative estimate of drug-likeness (QED) is 0.0955. The number of allylic oxidation sites excluding steroid dienone is 2. The fraction of sp³-hybridized carbons (Fsp3) is 0.939. The average molecular weight is 941 g/mol. The second-order valence-corrected chi connectivity index (χ2v) is 23.9. The lowest BCUT2D eigenvalue weighted by molar-refractivity contribution is -0.396. The molecular formula is C49H80O17. The van der Waals surface area contributed by atoms with Gasteiger partial charge in [0.2, 0.25) is 0 Å². The third-order valence-corrected chi connectivity index (χ3v) is 19.5. The Morgan fingerprint density at radius 3 is 1.95 bits per heavy atom. The second-order valence-electron chi connectivity index (χ2n) is 23.9. The van der Waals surface area contributed by atoms with Crippen molar-refractivity contribution < 1.29 is 83.9 Å². The van der Waals surface area contributed by atoms with Gasteiger partial charge in [0, 0.05) is 5.41 Å². The van der Waals surface area contributed by atoms with Crippen molar-refractivity contribution in [2.24, 2.45) is 50.2 Å². The minimum Gasteiger partial charge on any atom is -0.467 e. The van der Waals surface area contributed by atoms with Crippen molar-refractivity contribution in [3.05, 3.63) is 11.6 Å². The fourth-order valence-corrected chi connectivity index (χ4v) is 15.2. The van der Waals surface area contributed by atoms with Crippen LogP contribution in [0.5, 0.6) is 0 Å². The molecule has 24 atom stereocenters. The molecule has 7 fully saturated rings. The van der Waals surface area contributed by atoms with E-state index < -0.39 is 116 Å². The molecule has 17 heteroatoms. The number of fused-ring (bicyclic) bond motifs is 7. The smallest absolute Gasteiger partial charge is 0.337 e. The molecular weight excluding hydrogens is 861 g/mol. The van der Waals surface area contributed by atoms with Gasteiger partial charge in [0.25, 0.3) is 0 Å². The molecule has 0 radical (unpaired) electrons. The van der Waals surface area contributed by atoms with Gasteiger partial charge in [-0.2, -0.15) is 0 Å². The van der Waals surface area contributed by atoms with Crippen LogP contribution in [-0.4, -0.2) is 170 Å². The molecule has 378 valence electrons. The highest BCUT2D eigenvalue weighted by molar-refractivity contribution is 5.75. The van der Waals surface area contributed by atoms with Gasteiger partial charge in [-0.05, 0) is 110 Å². The number of methoxy groups -OCH3 is 1. The number of hydrogen-bond donors (Lipinski definition) is 9. The minimum atomic E-state index is -1.98. The zero-order valence-electron chi connectivity index (χ0n) is 40.5. The Kier molecular flexibility index (Phi) is 13.7. The topological polar surface area (TPSA) is 264 Å². The molecule has 8 rings (SSSR count). The maximum absolute atomic E-state index is 12.4. The van der Waals surface area contributed by atoms with Gasteiger partial charge in [-0.25, -0.2) is 4.79 Å². The van der Waals surface area contributed by atoms with E-state index in [1.807, 2.05) is 0 Å². The Balaban J connectivity index is 1.04. The Morgan fingerprint density at radius 1 is 0.667 bits per heavy atom. The standard InChI is InChI=1S/C49H80O17/c1-22-30(52)33(55)38(66-43-39(34(56)31(53)25(21-50)62-43)65-41-36(58)32(54)35(57)37(64-41)40(59)60-10)42(61-22)63-29-14-15-47(7)26(45(29,4)5)13-16-49(9)27(47)12-11-23-24-19-44(2,3)20-28(51)46(24,6)17-18-48(23,49)8/h11,22,24-39,41-43,50-58H,12-21H2,1-10H3/t22-,24-,25+,26+,27+,28+,29-,30-,31-,32-,33+,34-,35-,36+,37-,38+,39+,41-,42-,43-,46+,47-,48+,49+/m0/s1. The number of aliphatic hydroxyl groups is 9. The predicted octanol–water partition coefficient (Wildman–Crippen LogP) is 1.82. The van der Waals surface area contributed by atoms with Crippen molar-refractivity contribution >= 4 is 5.97 Å². The summed E-state index contributed by atoms with van der Waals surface area (Å²) in [6, 6.07) is 0. The van der Waals surface area contributed by atoms with E-state index in [2.05, 4.69) is 66.2 Å². The number of carbonyl (C=O) groups is 1. The molecule has 3 saturated heterocycles. The highest BCUT2D eigenvalue weighted by Crippen LogP contribution is 2.76. The van der Waals surface area contributed by atoms with Gasteiger partial charge in [0.1, 0.15) is 61.0 Å². The first-order valence-electron chi connectivity index (χ1n) is 24.5. The molecule has 0 bridgehead atoms. The van der Waals surface area contributed by atoms with Gasteiger partial charge in [-0.1, -0.05) is 67.0 Å². The molecule has 0 aromatic carbocycles. The van der Waals surface area contributed by atoms with E-state index >= 15 is 0 Å². The van der Waals surface area contributed by atoms with Crippen molar-refractivity contribution in [3.8, 4) is 0 Å². The van der Waals surface area contributed by atoms with E-state index in [9.17, 15) is 50.8 Å². The molecule has 5 aliphatic carbocycles. The van der Waals surface area contributed by atoms with Crippen LogP contribution in [-0.2, 0) is 38.0 Å². The van der Waals surface area contributed by atoms with Crippen molar-refractivity contribution in [1.82, 2.24) is 0 Å². The van der Waals surface area contributed by atoms with Crippen LogP contribution in [0, 0.1) is 50.2 Å². The molecule has 0 aromatic heterocycles. The van der Waals surface area contributed by atoms with E-state index in [0.29, 0.717) is 18.3 Å². The Hall–Kier alpha value is -1.39. The number of rotatable bonds is 8. The number of ether oxygens (including phenoxy) is 7. The highest BCUT2D eigenvalue weighted by atomic mass is 16.8. The largest absolute Gasteiger partial charge is 0.467 e. The summed E-state index contributed by atoms with van der Waals surface area (Å²) in [6.45, 7) is 19.8. The molecule has 66 heavy (non-hydrogen) atoms. The van der Waals surface area contributed by atoms with Crippen LogP contribution in [0.25, 0.3) is 0 Å². The Bertz CT molecular complexity index is 1810. The summed E-state index contributed by atoms with van der Waals surface area (Å²) in [7, 11) is 1.03. The molecule has 4 saturated carbocycles. The summed E-state index contributed by atoms with van der Waals surface area (Å²) in [6.07, 6.45) is -14.7. The summed E-state index contributed by atoms with van der Waals surface area (Å²) in [5.74, 6) is -0.0949. The first-order valence-corrected chi connectivity index (χ1v) is 24.5. The van der Waals surface area contributed by atoms with Crippen LogP contribution in [0.4, 0.5) is 0 Å². The Labute approximate surface area is 389 Å². The molecule has 8 aliphatic rings. The summed E-state index contributed by atoms with van der Waals surface area (Å²) in [5, 5.41) is 98.8. The first-order chi connectivity index (χ1) is 30.7. The molecule has 0 spiro atoms. The van der Waals surface area contributed by atoms with Crippen molar-refractivity contribution in [1.29, 1.82) is 0 Å². The molecule has 0 unspecified atom stereocenters. The third kappa shape index (κ3) is 7.88. The van der Waals surface area contributed by atoms with Gasteiger partial charge in [0.05, 0.1) is 32.0 Å². The molecule has 0 aromatic rings. The summed E-state index contributed by atoms with van der Waals surface area (Å²) >= 11 is 0. The maximum atomic E-state index is 12.4. The van der Waals surface area contributed by atoms with Crippen molar-refractivity contribution in [3.63, 3.8) is 0 Å². The number of esters is 1. The van der Waals surface area contributed by atoms with Crippen LogP contribution in [0.3, 0.4) is 0 Å². The molecule has 17 nitrogen and oxygen atoms in total. The minimum absolute atomic E-state index is 0.000945. The number of aliphatic hydroxyl groups excluding tert-OH is 9. The lowest BCUT2D eigenvalue weighted by atomic mass is 9.33. The summed E-state index contributed by atoms with van der Waals surface area (Å²) < 4.78 is 41.6. The zero-order chi connectivity index (χ0) is 48.4. The van der Waals surface area contributed by atoms with Crippen LogP contribution < -0.4 is 0 Å². The second kappa shape index (κ2) is 17.7. The van der Waals surface area contributed by atoms with Gasteiger partial charge in [0.15, 0.2) is 25.0 Å². The lowest BCUT2D eigenvalue weighted by Gasteiger charge is -2.71. The van der Waals surface area contributed by atoms with Gasteiger partial charge < -0.3 is 79.1 Å². The van der Waals surface area contributed by atoms with Crippen LogP contribution in [0.1, 0.15) is 120 Å². The molecule has 0 amide bonds. The maximum Gasteiger partial charge on any atom is 0.337 e. The third-order valence-electron chi connectivity index (χ3n) is 19.5. The van der Waals surface area contributed by atoms with Crippen molar-refractivity contribution in [2.75, 3.05) is 13.7 Å². The van der Waals surface area contributed by atoms with Crippen molar-refractivity contribution in [2.45, 2.75) is 224 Å². The molecule has 3 aliphatic heterocycles. The first kappa shape index (κ1) is 51.0. The van der Waals surface area contributed by atoms with Gasteiger partial charge >= 0.3 is 5.97 Å². The van der Waals surface area contributed by atoms with Crippen LogP contribution in [0.15, 0.2) is 11.6 Å².